The maximum absolute atomic E-state index is 13.1. The highest BCUT2D eigenvalue weighted by Crippen LogP contribution is 2.39. The van der Waals surface area contributed by atoms with E-state index < -0.39 is 0 Å². The predicted molar refractivity (Wildman–Crippen MR) is 94.0 cm³/mol. The van der Waals surface area contributed by atoms with E-state index in [0.717, 1.165) is 24.7 Å². The minimum absolute atomic E-state index is 0.0191. The van der Waals surface area contributed by atoms with Crippen molar-refractivity contribution < 1.29 is 4.79 Å². The number of rotatable bonds is 8. The number of ketones is 1. The Hall–Kier alpha value is -0.370. The van der Waals surface area contributed by atoms with Gasteiger partial charge < -0.3 is 5.32 Å². The quantitative estimate of drug-likeness (QED) is 0.675. The smallest absolute Gasteiger partial charge is 0.155 e. The predicted octanol–water partition coefficient (Wildman–Crippen LogP) is 5.11. The van der Waals surface area contributed by atoms with Crippen LogP contribution in [0.4, 0.5) is 0 Å². The molecule has 0 radical (unpaired) electrons. The molecule has 1 unspecified atom stereocenters. The van der Waals surface area contributed by atoms with Gasteiger partial charge in [-0.3, -0.25) is 4.79 Å². The Morgan fingerprint density at radius 1 is 1.05 bits per heavy atom. The lowest BCUT2D eigenvalue weighted by Crippen LogP contribution is -2.55. The van der Waals surface area contributed by atoms with Gasteiger partial charge in [0.05, 0.1) is 6.04 Å². The fraction of sp³-hybridized carbons (Fsp3) is 0.950. The Morgan fingerprint density at radius 3 is 2.09 bits per heavy atom. The molecule has 0 aromatic carbocycles. The van der Waals surface area contributed by atoms with E-state index in [1.165, 1.54) is 44.9 Å². The van der Waals surface area contributed by atoms with Crippen molar-refractivity contribution in [3.05, 3.63) is 0 Å². The van der Waals surface area contributed by atoms with Crippen LogP contribution in [0.3, 0.4) is 0 Å². The molecule has 128 valence electrons. The zero-order valence-corrected chi connectivity index (χ0v) is 15.5. The number of carbonyl (C=O) groups excluding carboxylic acids is 1. The first-order chi connectivity index (χ1) is 10.3. The van der Waals surface area contributed by atoms with Crippen LogP contribution in [0.2, 0.25) is 0 Å². The van der Waals surface area contributed by atoms with Crippen LogP contribution >= 0.6 is 0 Å². The summed E-state index contributed by atoms with van der Waals surface area (Å²) in [5.41, 5.74) is -0.0933. The molecule has 2 heteroatoms. The van der Waals surface area contributed by atoms with Gasteiger partial charge in [-0.25, -0.2) is 0 Å². The van der Waals surface area contributed by atoms with Crippen molar-refractivity contribution in [2.75, 3.05) is 0 Å². The Labute approximate surface area is 137 Å². The molecule has 2 rings (SSSR count). The fourth-order valence-corrected chi connectivity index (χ4v) is 4.56. The van der Waals surface area contributed by atoms with Crippen molar-refractivity contribution >= 4 is 5.78 Å². The maximum Gasteiger partial charge on any atom is 0.155 e. The second kappa shape index (κ2) is 7.03. The summed E-state index contributed by atoms with van der Waals surface area (Å²) >= 11 is 0. The van der Waals surface area contributed by atoms with Crippen LogP contribution in [-0.4, -0.2) is 17.4 Å². The summed E-state index contributed by atoms with van der Waals surface area (Å²) in [6.07, 6.45) is 11.3. The van der Waals surface area contributed by atoms with Gasteiger partial charge in [-0.1, -0.05) is 52.9 Å². The van der Waals surface area contributed by atoms with Crippen LogP contribution in [0, 0.1) is 17.3 Å². The lowest BCUT2D eigenvalue weighted by Gasteiger charge is -2.40. The minimum Gasteiger partial charge on any atom is -0.302 e. The van der Waals surface area contributed by atoms with Crippen molar-refractivity contribution in [3.8, 4) is 0 Å². The topological polar surface area (TPSA) is 29.1 Å². The van der Waals surface area contributed by atoms with Gasteiger partial charge >= 0.3 is 0 Å². The first-order valence-corrected chi connectivity index (χ1v) is 9.58. The van der Waals surface area contributed by atoms with Gasteiger partial charge in [-0.2, -0.15) is 0 Å². The van der Waals surface area contributed by atoms with Crippen molar-refractivity contribution in [2.24, 2.45) is 17.3 Å². The molecular weight excluding hydrogens is 270 g/mol. The molecule has 1 N–H and O–H groups in total. The molecule has 2 saturated carbocycles. The molecule has 2 nitrogen and oxygen atoms in total. The number of nitrogens with one attached hydrogen (secondary N) is 1. The Morgan fingerprint density at radius 2 is 1.64 bits per heavy atom. The number of Topliss-reactive ketones (excluding diaryl/α,β-unsaturated/α-hetero) is 1. The van der Waals surface area contributed by atoms with E-state index >= 15 is 0 Å². The Kier molecular flexibility index (Phi) is 5.74. The molecule has 2 aliphatic rings. The van der Waals surface area contributed by atoms with Crippen molar-refractivity contribution in [1.82, 2.24) is 5.32 Å². The highest BCUT2D eigenvalue weighted by molar-refractivity contribution is 5.89. The highest BCUT2D eigenvalue weighted by atomic mass is 16.1. The minimum atomic E-state index is -0.176. The first kappa shape index (κ1) is 18.0. The number of hydrogen-bond donors (Lipinski definition) is 1. The lowest BCUT2D eigenvalue weighted by molar-refractivity contribution is -0.131. The van der Waals surface area contributed by atoms with E-state index in [2.05, 4.69) is 39.9 Å². The number of carbonyl (C=O) groups is 1. The summed E-state index contributed by atoms with van der Waals surface area (Å²) in [5, 5.41) is 3.75. The van der Waals surface area contributed by atoms with Crippen LogP contribution < -0.4 is 5.32 Å². The van der Waals surface area contributed by atoms with Gasteiger partial charge in [0, 0.05) is 11.0 Å². The average molecular weight is 308 g/mol. The van der Waals surface area contributed by atoms with Crippen LogP contribution in [0.5, 0.6) is 0 Å². The molecular formula is C20H37NO. The SMILES string of the molecule is CCC(NC(C)(C)C1CCCC1)C(=O)C(C)(C)CC1CCC1. The van der Waals surface area contributed by atoms with Gasteiger partial charge in [-0.15, -0.1) is 0 Å². The van der Waals surface area contributed by atoms with Gasteiger partial charge in [0.2, 0.25) is 0 Å². The summed E-state index contributed by atoms with van der Waals surface area (Å²) in [6.45, 7) is 11.1. The molecule has 0 heterocycles. The molecule has 0 aliphatic heterocycles. The van der Waals surface area contributed by atoms with Gasteiger partial charge in [-0.05, 0) is 51.4 Å². The third-order valence-electron chi connectivity index (χ3n) is 6.34. The lowest BCUT2D eigenvalue weighted by atomic mass is 9.70. The van der Waals surface area contributed by atoms with Gasteiger partial charge in [0.15, 0.2) is 5.78 Å². The summed E-state index contributed by atoms with van der Waals surface area (Å²) < 4.78 is 0. The van der Waals surface area contributed by atoms with E-state index in [9.17, 15) is 4.79 Å². The molecule has 1 atom stereocenters. The molecule has 0 bridgehead atoms. The summed E-state index contributed by atoms with van der Waals surface area (Å²) in [7, 11) is 0. The molecule has 0 amide bonds. The zero-order valence-electron chi connectivity index (χ0n) is 15.5. The van der Waals surface area contributed by atoms with Crippen molar-refractivity contribution in [1.29, 1.82) is 0 Å². The third-order valence-corrected chi connectivity index (χ3v) is 6.34. The molecule has 0 saturated heterocycles. The number of hydrogen-bond acceptors (Lipinski definition) is 2. The second-order valence-corrected chi connectivity index (χ2v) is 9.06. The van der Waals surface area contributed by atoms with Crippen LogP contribution in [0.1, 0.15) is 92.4 Å². The maximum atomic E-state index is 13.1. The van der Waals surface area contributed by atoms with E-state index in [1.807, 2.05) is 0 Å². The van der Waals surface area contributed by atoms with Crippen LogP contribution in [0.25, 0.3) is 0 Å². The van der Waals surface area contributed by atoms with Gasteiger partial charge in [0.1, 0.15) is 0 Å². The van der Waals surface area contributed by atoms with Crippen molar-refractivity contribution in [3.63, 3.8) is 0 Å². The molecule has 22 heavy (non-hydrogen) atoms. The Balaban J connectivity index is 1.98. The Bertz CT molecular complexity index is 375. The molecule has 0 aromatic heterocycles. The summed E-state index contributed by atoms with van der Waals surface area (Å²) in [5.74, 6) is 1.95. The van der Waals surface area contributed by atoms with Crippen LogP contribution in [0.15, 0.2) is 0 Å². The zero-order chi connectivity index (χ0) is 16.4. The largest absolute Gasteiger partial charge is 0.302 e. The fourth-order valence-electron chi connectivity index (χ4n) is 4.56. The normalized spacial score (nSPS) is 22.6. The molecule has 0 spiro atoms. The molecule has 2 fully saturated rings. The van der Waals surface area contributed by atoms with E-state index in [1.54, 1.807) is 0 Å². The monoisotopic (exact) mass is 307 g/mol. The van der Waals surface area contributed by atoms with E-state index in [0.29, 0.717) is 5.78 Å². The van der Waals surface area contributed by atoms with Gasteiger partial charge in [0.25, 0.3) is 0 Å². The second-order valence-electron chi connectivity index (χ2n) is 9.06. The van der Waals surface area contributed by atoms with E-state index in [4.69, 9.17) is 0 Å². The molecule has 2 aliphatic carbocycles. The summed E-state index contributed by atoms with van der Waals surface area (Å²) in [6, 6.07) is 0.0191. The standard InChI is InChI=1S/C20H37NO/c1-6-17(21-20(4,5)16-12-7-8-13-16)18(22)19(2,3)14-15-10-9-11-15/h15-17,21H,6-14H2,1-5H3. The van der Waals surface area contributed by atoms with Crippen molar-refractivity contribution in [2.45, 2.75) is 104 Å². The first-order valence-electron chi connectivity index (χ1n) is 9.58. The van der Waals surface area contributed by atoms with Crippen LogP contribution in [-0.2, 0) is 4.79 Å². The van der Waals surface area contributed by atoms with E-state index in [-0.39, 0.29) is 17.0 Å². The molecule has 0 aromatic rings. The highest BCUT2D eigenvalue weighted by Gasteiger charge is 2.40. The third kappa shape index (κ3) is 4.13. The summed E-state index contributed by atoms with van der Waals surface area (Å²) in [4.78, 5) is 13.1. The average Bonchev–Trinajstić information content (AvgIpc) is 2.94.